The van der Waals surface area contributed by atoms with E-state index < -0.39 is 0 Å². The van der Waals surface area contributed by atoms with E-state index in [1.54, 1.807) is 26.5 Å². The summed E-state index contributed by atoms with van der Waals surface area (Å²) < 4.78 is 11.0. The van der Waals surface area contributed by atoms with Crippen molar-refractivity contribution < 1.29 is 14.3 Å². The monoisotopic (exact) mass is 543 g/mol. The van der Waals surface area contributed by atoms with Gasteiger partial charge in [-0.3, -0.25) is 10.2 Å². The summed E-state index contributed by atoms with van der Waals surface area (Å²) in [6.07, 6.45) is 10.7. The van der Waals surface area contributed by atoms with Crippen LogP contribution in [-0.2, 0) is 15.3 Å². The molecule has 0 radical (unpaired) electrons. The summed E-state index contributed by atoms with van der Waals surface area (Å²) >= 11 is 1.47. The fraction of sp³-hybridized carbons (Fsp3) is 0.333. The van der Waals surface area contributed by atoms with Gasteiger partial charge in [-0.25, -0.2) is 4.99 Å². The molecule has 1 saturated carbocycles. The number of hydrogen-bond donors (Lipinski definition) is 2. The van der Waals surface area contributed by atoms with Gasteiger partial charge in [0.1, 0.15) is 5.75 Å². The number of hydrazone groups is 1. The molecule has 1 amide bonds. The number of rotatable bonds is 12. The number of carbonyl (C=O) groups excluding carboxylic acids is 1. The SMILES string of the molecule is COc1cccc(N=C(N/N=C/CCC(=O)NCCC2=CC=CC3CC23OC)SCc2cccc(C#N)c2)c1. The molecule has 2 aromatic carbocycles. The lowest BCUT2D eigenvalue weighted by Crippen LogP contribution is -2.28. The van der Waals surface area contributed by atoms with Crippen LogP contribution in [0, 0.1) is 17.2 Å². The molecule has 0 heterocycles. The summed E-state index contributed by atoms with van der Waals surface area (Å²) in [5.74, 6) is 1.78. The number of ether oxygens (including phenoxy) is 2. The summed E-state index contributed by atoms with van der Waals surface area (Å²) in [7, 11) is 3.37. The second kappa shape index (κ2) is 13.8. The first-order valence-corrected chi connectivity index (χ1v) is 13.9. The summed E-state index contributed by atoms with van der Waals surface area (Å²) in [6.45, 7) is 0.590. The van der Waals surface area contributed by atoms with E-state index in [-0.39, 0.29) is 11.5 Å². The van der Waals surface area contributed by atoms with Crippen LogP contribution in [-0.4, -0.2) is 43.7 Å². The van der Waals surface area contributed by atoms with E-state index in [0.29, 0.717) is 47.5 Å². The molecular formula is C30H33N5O3S. The molecule has 9 heteroatoms. The molecule has 0 aliphatic heterocycles. The van der Waals surface area contributed by atoms with Gasteiger partial charge in [-0.2, -0.15) is 10.4 Å². The molecule has 202 valence electrons. The van der Waals surface area contributed by atoms with Crippen LogP contribution in [0.3, 0.4) is 0 Å². The van der Waals surface area contributed by atoms with Crippen molar-refractivity contribution in [1.29, 1.82) is 5.26 Å². The highest BCUT2D eigenvalue weighted by atomic mass is 32.2. The van der Waals surface area contributed by atoms with Gasteiger partial charge in [0.2, 0.25) is 5.91 Å². The second-order valence-corrected chi connectivity index (χ2v) is 10.2. The van der Waals surface area contributed by atoms with E-state index >= 15 is 0 Å². The molecule has 0 aromatic heterocycles. The minimum Gasteiger partial charge on any atom is -0.497 e. The average molecular weight is 544 g/mol. The topological polar surface area (TPSA) is 108 Å². The van der Waals surface area contributed by atoms with Crippen molar-refractivity contribution in [2.45, 2.75) is 37.0 Å². The lowest BCUT2D eigenvalue weighted by atomic mass is 9.98. The van der Waals surface area contributed by atoms with Gasteiger partial charge >= 0.3 is 0 Å². The van der Waals surface area contributed by atoms with Crippen molar-refractivity contribution in [3.8, 4) is 11.8 Å². The van der Waals surface area contributed by atoms with Gasteiger partial charge in [-0.15, -0.1) is 0 Å². The van der Waals surface area contributed by atoms with Crippen molar-refractivity contribution in [3.63, 3.8) is 0 Å². The van der Waals surface area contributed by atoms with Crippen molar-refractivity contribution in [2.75, 3.05) is 20.8 Å². The Bertz CT molecular complexity index is 1330. The highest BCUT2D eigenvalue weighted by Gasteiger charge is 2.56. The molecular weight excluding hydrogens is 510 g/mol. The number of hydrogen-bond acceptors (Lipinski definition) is 7. The number of thioether (sulfide) groups is 1. The number of nitrogens with one attached hydrogen (secondary N) is 2. The average Bonchev–Trinajstić information content (AvgIpc) is 3.72. The number of aliphatic imine (C=N–C) groups is 1. The molecule has 2 atom stereocenters. The fourth-order valence-corrected chi connectivity index (χ4v) is 5.29. The van der Waals surface area contributed by atoms with Crippen LogP contribution < -0.4 is 15.5 Å². The first-order valence-electron chi connectivity index (χ1n) is 12.9. The minimum atomic E-state index is -0.140. The summed E-state index contributed by atoms with van der Waals surface area (Å²) in [5.41, 5.74) is 6.46. The Labute approximate surface area is 233 Å². The molecule has 0 bridgehead atoms. The van der Waals surface area contributed by atoms with Crippen LogP contribution in [0.25, 0.3) is 0 Å². The van der Waals surface area contributed by atoms with Gasteiger partial charge in [0, 0.05) is 44.0 Å². The Morgan fingerprint density at radius 3 is 2.95 bits per heavy atom. The van der Waals surface area contributed by atoms with E-state index in [4.69, 9.17) is 14.7 Å². The first kappa shape index (κ1) is 28.1. The standard InChI is InChI=1S/C30H33N5O3S/c1-37-27-12-5-11-26(18-27)34-29(39-21-23-8-3-7-22(17-23)20-31)35-33-15-6-13-28(36)32-16-14-24-9-4-10-25-19-30(24,25)38-2/h3-5,7-12,15,17-18,25H,6,13-14,16,19,21H2,1-2H3,(H,32,36)(H,34,35)/b33-15+. The van der Waals surface area contributed by atoms with Crippen molar-refractivity contribution >= 4 is 34.7 Å². The van der Waals surface area contributed by atoms with E-state index in [9.17, 15) is 4.79 Å². The lowest BCUT2D eigenvalue weighted by molar-refractivity contribution is -0.120. The van der Waals surface area contributed by atoms with Gasteiger partial charge in [0.05, 0.1) is 30.0 Å². The van der Waals surface area contributed by atoms with Crippen LogP contribution >= 0.6 is 11.8 Å². The minimum absolute atomic E-state index is 0.00997. The Morgan fingerprint density at radius 2 is 2.13 bits per heavy atom. The first-order chi connectivity index (χ1) is 19.1. The van der Waals surface area contributed by atoms with Crippen LogP contribution in [0.15, 0.2) is 82.4 Å². The van der Waals surface area contributed by atoms with Crippen LogP contribution in [0.5, 0.6) is 5.75 Å². The molecule has 2 N–H and O–H groups in total. The van der Waals surface area contributed by atoms with Gasteiger partial charge in [0.15, 0.2) is 5.17 Å². The zero-order chi connectivity index (χ0) is 27.5. The maximum absolute atomic E-state index is 12.3. The number of carbonyl (C=O) groups is 1. The molecule has 2 aromatic rings. The van der Waals surface area contributed by atoms with Crippen molar-refractivity contribution in [1.82, 2.24) is 10.7 Å². The highest BCUT2D eigenvalue weighted by Crippen LogP contribution is 2.55. The van der Waals surface area contributed by atoms with Crippen molar-refractivity contribution in [3.05, 3.63) is 83.5 Å². The Balaban J connectivity index is 1.26. The van der Waals surface area contributed by atoms with Gasteiger partial charge < -0.3 is 14.8 Å². The Kier molecular flexibility index (Phi) is 9.95. The van der Waals surface area contributed by atoms with E-state index in [0.717, 1.165) is 24.1 Å². The molecule has 0 saturated heterocycles. The molecule has 2 aliphatic rings. The van der Waals surface area contributed by atoms with Gasteiger partial charge in [-0.1, -0.05) is 48.2 Å². The Morgan fingerprint density at radius 1 is 1.26 bits per heavy atom. The molecule has 4 rings (SSSR count). The molecule has 1 fully saturated rings. The number of nitriles is 1. The summed E-state index contributed by atoms with van der Waals surface area (Å²) in [4.78, 5) is 17.0. The third kappa shape index (κ3) is 7.82. The zero-order valence-corrected chi connectivity index (χ0v) is 23.0. The highest BCUT2D eigenvalue weighted by molar-refractivity contribution is 8.13. The number of methoxy groups -OCH3 is 2. The number of fused-ring (bicyclic) bond motifs is 1. The van der Waals surface area contributed by atoms with Gasteiger partial charge in [-0.05, 0) is 54.7 Å². The maximum atomic E-state index is 12.3. The lowest BCUT2D eigenvalue weighted by Gasteiger charge is -2.21. The smallest absolute Gasteiger partial charge is 0.220 e. The number of nitrogens with zero attached hydrogens (tertiary/aromatic N) is 3. The number of amidine groups is 1. The molecule has 8 nitrogen and oxygen atoms in total. The number of allylic oxidation sites excluding steroid dienone is 2. The zero-order valence-electron chi connectivity index (χ0n) is 22.2. The third-order valence-electron chi connectivity index (χ3n) is 6.69. The molecule has 39 heavy (non-hydrogen) atoms. The summed E-state index contributed by atoms with van der Waals surface area (Å²) in [5, 5.41) is 17.0. The quantitative estimate of drug-likeness (QED) is 0.215. The van der Waals surface area contributed by atoms with Crippen molar-refractivity contribution in [2.24, 2.45) is 16.0 Å². The normalized spacial score (nSPS) is 19.7. The molecule has 2 unspecified atom stereocenters. The van der Waals surface area contributed by atoms with Crippen LogP contribution in [0.4, 0.5) is 5.69 Å². The fourth-order valence-electron chi connectivity index (χ4n) is 4.52. The predicted octanol–water partition coefficient (Wildman–Crippen LogP) is 5.25. The van der Waals surface area contributed by atoms with Gasteiger partial charge in [0.25, 0.3) is 0 Å². The predicted molar refractivity (Wildman–Crippen MR) is 156 cm³/mol. The van der Waals surface area contributed by atoms with E-state index in [1.807, 2.05) is 42.5 Å². The van der Waals surface area contributed by atoms with Crippen LogP contribution in [0.2, 0.25) is 0 Å². The molecule has 2 aliphatic carbocycles. The van der Waals surface area contributed by atoms with E-state index in [2.05, 4.69) is 45.1 Å². The molecule has 0 spiro atoms. The van der Waals surface area contributed by atoms with Crippen LogP contribution in [0.1, 0.15) is 36.8 Å². The second-order valence-electron chi connectivity index (χ2n) is 9.26. The van der Waals surface area contributed by atoms with E-state index in [1.165, 1.54) is 17.3 Å². The number of benzene rings is 2. The third-order valence-corrected chi connectivity index (χ3v) is 7.63. The summed E-state index contributed by atoms with van der Waals surface area (Å²) in [6, 6.07) is 17.1. The Hall–Kier alpha value is -3.87. The maximum Gasteiger partial charge on any atom is 0.220 e. The number of amides is 1. The largest absolute Gasteiger partial charge is 0.497 e.